The molecule has 1 N–H and O–H groups in total. The van der Waals surface area contributed by atoms with Crippen molar-refractivity contribution in [2.45, 2.75) is 19.5 Å². The number of benzene rings is 1. The molecule has 0 saturated heterocycles. The Morgan fingerprint density at radius 3 is 2.55 bits per heavy atom. The Hall–Kier alpha value is -0.940. The van der Waals surface area contributed by atoms with Gasteiger partial charge < -0.3 is 10.2 Å². The van der Waals surface area contributed by atoms with Gasteiger partial charge in [0, 0.05) is 35.2 Å². The number of hydrogen-bond donors (Lipinski definition) is 1. The Morgan fingerprint density at radius 1 is 1.30 bits per heavy atom. The van der Waals surface area contributed by atoms with Gasteiger partial charge in [0.05, 0.1) is 5.01 Å². The topological polar surface area (TPSA) is 28.2 Å². The molecule has 0 amide bonds. The quantitative estimate of drug-likeness (QED) is 0.885. The van der Waals surface area contributed by atoms with Crippen LogP contribution in [0.4, 0.5) is 0 Å². The lowest BCUT2D eigenvalue weighted by atomic mass is 10.1. The summed E-state index contributed by atoms with van der Waals surface area (Å²) in [4.78, 5) is 7.74. The zero-order chi connectivity index (χ0) is 14.5. The fraction of sp³-hybridized carbons (Fsp3) is 0.400. The summed E-state index contributed by atoms with van der Waals surface area (Å²) in [5, 5.41) is 5.48. The number of aromatic nitrogens is 1. The van der Waals surface area contributed by atoms with E-state index in [1.807, 2.05) is 25.3 Å². The minimum absolute atomic E-state index is 0.282. The molecule has 0 aliphatic rings. The van der Waals surface area contributed by atoms with E-state index in [0.29, 0.717) is 0 Å². The van der Waals surface area contributed by atoms with Crippen molar-refractivity contribution in [2.75, 3.05) is 20.6 Å². The summed E-state index contributed by atoms with van der Waals surface area (Å²) in [5.41, 5.74) is 1.25. The molecule has 0 bridgehead atoms. The zero-order valence-corrected chi connectivity index (χ0v) is 13.6. The van der Waals surface area contributed by atoms with Crippen molar-refractivity contribution in [3.63, 3.8) is 0 Å². The van der Waals surface area contributed by atoms with Gasteiger partial charge in [0.2, 0.25) is 0 Å². The van der Waals surface area contributed by atoms with E-state index in [1.54, 1.807) is 11.3 Å². The maximum absolute atomic E-state index is 5.96. The van der Waals surface area contributed by atoms with Crippen molar-refractivity contribution >= 4 is 22.9 Å². The maximum Gasteiger partial charge on any atom is 0.0897 e. The molecule has 0 fully saturated rings. The van der Waals surface area contributed by atoms with E-state index in [0.717, 1.165) is 23.1 Å². The number of nitrogens with one attached hydrogen (secondary N) is 1. The average Bonchev–Trinajstić information content (AvgIpc) is 2.81. The van der Waals surface area contributed by atoms with Crippen LogP contribution in [-0.2, 0) is 6.54 Å². The molecule has 1 atom stereocenters. The van der Waals surface area contributed by atoms with Gasteiger partial charge in [-0.2, -0.15) is 0 Å². The second-order valence-electron chi connectivity index (χ2n) is 5.09. The van der Waals surface area contributed by atoms with E-state index in [9.17, 15) is 0 Å². The first-order valence-electron chi connectivity index (χ1n) is 6.59. The van der Waals surface area contributed by atoms with Gasteiger partial charge >= 0.3 is 0 Å². The molecule has 0 aliphatic heterocycles. The highest BCUT2D eigenvalue weighted by molar-refractivity contribution is 7.11. The van der Waals surface area contributed by atoms with Gasteiger partial charge in [-0.15, -0.1) is 11.3 Å². The SMILES string of the molecule is Cc1ncc(CN[C@H](CN(C)C)c2ccc(Cl)cc2)s1. The summed E-state index contributed by atoms with van der Waals surface area (Å²) in [6, 6.07) is 8.34. The van der Waals surface area contributed by atoms with Crippen molar-refractivity contribution in [1.82, 2.24) is 15.2 Å². The molecule has 1 aromatic carbocycles. The van der Waals surface area contributed by atoms with Crippen LogP contribution < -0.4 is 5.32 Å². The van der Waals surface area contributed by atoms with E-state index in [2.05, 4.69) is 41.4 Å². The summed E-state index contributed by atoms with van der Waals surface area (Å²) in [6.07, 6.45) is 1.95. The Morgan fingerprint density at radius 2 is 2.00 bits per heavy atom. The lowest BCUT2D eigenvalue weighted by molar-refractivity contribution is 0.341. The average molecular weight is 310 g/mol. The normalized spacial score (nSPS) is 12.8. The van der Waals surface area contributed by atoms with Crippen LogP contribution in [0, 0.1) is 6.92 Å². The molecule has 2 aromatic rings. The molecule has 5 heteroatoms. The lowest BCUT2D eigenvalue weighted by Crippen LogP contribution is -2.30. The van der Waals surface area contributed by atoms with Crippen molar-refractivity contribution in [3.05, 3.63) is 50.9 Å². The number of rotatable bonds is 6. The monoisotopic (exact) mass is 309 g/mol. The van der Waals surface area contributed by atoms with Crippen LogP contribution >= 0.6 is 22.9 Å². The molecule has 2 rings (SSSR count). The van der Waals surface area contributed by atoms with E-state index in [-0.39, 0.29) is 6.04 Å². The van der Waals surface area contributed by atoms with Crippen LogP contribution in [0.25, 0.3) is 0 Å². The van der Waals surface area contributed by atoms with Gasteiger partial charge in [-0.1, -0.05) is 23.7 Å². The fourth-order valence-electron chi connectivity index (χ4n) is 2.06. The summed E-state index contributed by atoms with van der Waals surface area (Å²) >= 11 is 7.70. The van der Waals surface area contributed by atoms with E-state index in [1.165, 1.54) is 10.4 Å². The molecule has 0 aliphatic carbocycles. The highest BCUT2D eigenvalue weighted by atomic mass is 35.5. The third kappa shape index (κ3) is 4.56. The van der Waals surface area contributed by atoms with E-state index >= 15 is 0 Å². The molecule has 1 aromatic heterocycles. The van der Waals surface area contributed by atoms with Crippen molar-refractivity contribution in [1.29, 1.82) is 0 Å². The first-order chi connectivity index (χ1) is 9.54. The molecule has 0 spiro atoms. The number of thiazole rings is 1. The molecule has 0 radical (unpaired) electrons. The van der Waals surface area contributed by atoms with Gasteiger partial charge in [0.1, 0.15) is 0 Å². The van der Waals surface area contributed by atoms with Crippen molar-refractivity contribution in [2.24, 2.45) is 0 Å². The number of aryl methyl sites for hydroxylation is 1. The highest BCUT2D eigenvalue weighted by Crippen LogP contribution is 2.19. The van der Waals surface area contributed by atoms with Gasteiger partial charge in [0.25, 0.3) is 0 Å². The van der Waals surface area contributed by atoms with Gasteiger partial charge in [-0.25, -0.2) is 4.98 Å². The Kier molecular flexibility index (Phi) is 5.54. The standard InChI is InChI=1S/C15H20ClN3S/c1-11-17-8-14(20-11)9-18-15(10-19(2)3)12-4-6-13(16)7-5-12/h4-8,15,18H,9-10H2,1-3H3/t15-/m1/s1. The first kappa shape index (κ1) is 15.4. The molecule has 1 heterocycles. The minimum Gasteiger partial charge on any atom is -0.308 e. The molecule has 0 saturated carbocycles. The predicted molar refractivity (Wildman–Crippen MR) is 86.4 cm³/mol. The van der Waals surface area contributed by atoms with Gasteiger partial charge in [-0.05, 0) is 38.7 Å². The molecule has 0 unspecified atom stereocenters. The predicted octanol–water partition coefficient (Wildman–Crippen LogP) is 3.50. The number of likely N-dealkylation sites (N-methyl/N-ethyl adjacent to an activating group) is 1. The number of halogens is 1. The van der Waals surface area contributed by atoms with Crippen LogP contribution in [0.15, 0.2) is 30.5 Å². The van der Waals surface area contributed by atoms with Crippen LogP contribution in [0.5, 0.6) is 0 Å². The Bertz CT molecular complexity index is 536. The molecule has 108 valence electrons. The maximum atomic E-state index is 5.96. The lowest BCUT2D eigenvalue weighted by Gasteiger charge is -2.22. The Balaban J connectivity index is 2.05. The highest BCUT2D eigenvalue weighted by Gasteiger charge is 2.12. The van der Waals surface area contributed by atoms with Crippen LogP contribution in [-0.4, -0.2) is 30.5 Å². The van der Waals surface area contributed by atoms with Crippen molar-refractivity contribution < 1.29 is 0 Å². The second-order valence-corrected chi connectivity index (χ2v) is 6.85. The zero-order valence-electron chi connectivity index (χ0n) is 12.1. The number of nitrogens with zero attached hydrogens (tertiary/aromatic N) is 2. The van der Waals surface area contributed by atoms with E-state index in [4.69, 9.17) is 11.6 Å². The summed E-state index contributed by atoms with van der Waals surface area (Å²) in [5.74, 6) is 0. The third-order valence-corrected chi connectivity index (χ3v) is 4.18. The molecule has 20 heavy (non-hydrogen) atoms. The molecular formula is C15H20ClN3S. The molecule has 3 nitrogen and oxygen atoms in total. The second kappa shape index (κ2) is 7.18. The Labute approximate surface area is 129 Å². The van der Waals surface area contributed by atoms with E-state index < -0.39 is 0 Å². The van der Waals surface area contributed by atoms with Crippen molar-refractivity contribution in [3.8, 4) is 0 Å². The van der Waals surface area contributed by atoms with Gasteiger partial charge in [0.15, 0.2) is 0 Å². The minimum atomic E-state index is 0.282. The van der Waals surface area contributed by atoms with Gasteiger partial charge in [-0.3, -0.25) is 0 Å². The summed E-state index contributed by atoms with van der Waals surface area (Å²) < 4.78 is 0. The largest absolute Gasteiger partial charge is 0.308 e. The third-order valence-electron chi connectivity index (χ3n) is 3.01. The smallest absolute Gasteiger partial charge is 0.0897 e. The number of hydrogen-bond acceptors (Lipinski definition) is 4. The van der Waals surface area contributed by atoms with Crippen LogP contribution in [0.1, 0.15) is 21.5 Å². The fourth-order valence-corrected chi connectivity index (χ4v) is 2.93. The van der Waals surface area contributed by atoms with Crippen LogP contribution in [0.2, 0.25) is 5.02 Å². The van der Waals surface area contributed by atoms with Crippen LogP contribution in [0.3, 0.4) is 0 Å². The summed E-state index contributed by atoms with van der Waals surface area (Å²) in [7, 11) is 4.17. The molecular weight excluding hydrogens is 290 g/mol. The first-order valence-corrected chi connectivity index (χ1v) is 7.79. The summed E-state index contributed by atoms with van der Waals surface area (Å²) in [6.45, 7) is 3.82.